The minimum Gasteiger partial charge on any atom is -0.366 e. The van der Waals surface area contributed by atoms with Gasteiger partial charge in [-0.3, -0.25) is 4.79 Å². The van der Waals surface area contributed by atoms with Gasteiger partial charge in [-0.25, -0.2) is 0 Å². The van der Waals surface area contributed by atoms with E-state index in [4.69, 9.17) is 11.5 Å². The molecule has 0 bridgehead atoms. The van der Waals surface area contributed by atoms with Crippen molar-refractivity contribution in [3.8, 4) is 0 Å². The number of hydrogen-bond acceptors (Lipinski definition) is 3. The van der Waals surface area contributed by atoms with Crippen molar-refractivity contribution in [3.05, 3.63) is 34.4 Å². The quantitative estimate of drug-likeness (QED) is 0.812. The highest BCUT2D eigenvalue weighted by Crippen LogP contribution is 2.19. The first-order chi connectivity index (χ1) is 8.36. The number of likely N-dealkylation sites (N-methyl/N-ethyl adjacent to an activating group) is 1. The Labute approximate surface area is 109 Å². The van der Waals surface area contributed by atoms with Gasteiger partial charge in [0.1, 0.15) is 0 Å². The van der Waals surface area contributed by atoms with E-state index in [2.05, 4.69) is 4.90 Å². The molecule has 0 saturated carbocycles. The Morgan fingerprint density at radius 2 is 1.78 bits per heavy atom. The van der Waals surface area contributed by atoms with Gasteiger partial charge in [0.2, 0.25) is 5.91 Å². The number of benzene rings is 1. The van der Waals surface area contributed by atoms with E-state index in [0.29, 0.717) is 18.2 Å². The molecule has 0 spiro atoms. The molecule has 1 aromatic rings. The van der Waals surface area contributed by atoms with Gasteiger partial charge < -0.3 is 16.4 Å². The zero-order valence-electron chi connectivity index (χ0n) is 11.7. The summed E-state index contributed by atoms with van der Waals surface area (Å²) in [6.45, 7) is 4.64. The molecule has 1 atom stereocenters. The highest BCUT2D eigenvalue weighted by Gasteiger charge is 2.15. The summed E-state index contributed by atoms with van der Waals surface area (Å²) < 4.78 is 0. The van der Waals surface area contributed by atoms with Crippen molar-refractivity contribution in [2.24, 2.45) is 11.5 Å². The summed E-state index contributed by atoms with van der Waals surface area (Å²) >= 11 is 0. The van der Waals surface area contributed by atoms with Gasteiger partial charge in [-0.15, -0.1) is 0 Å². The highest BCUT2D eigenvalue weighted by atomic mass is 16.1. The molecular weight excluding hydrogens is 226 g/mol. The number of rotatable bonds is 5. The summed E-state index contributed by atoms with van der Waals surface area (Å²) in [4.78, 5) is 13.3. The molecule has 0 fully saturated rings. The molecule has 18 heavy (non-hydrogen) atoms. The molecule has 4 heteroatoms. The molecule has 0 saturated heterocycles. The molecule has 0 aliphatic carbocycles. The van der Waals surface area contributed by atoms with Crippen molar-refractivity contribution in [2.75, 3.05) is 20.6 Å². The van der Waals surface area contributed by atoms with Crippen molar-refractivity contribution in [3.63, 3.8) is 0 Å². The lowest BCUT2D eigenvalue weighted by Crippen LogP contribution is -2.37. The Morgan fingerprint density at radius 3 is 2.11 bits per heavy atom. The highest BCUT2D eigenvalue weighted by molar-refractivity contribution is 5.93. The van der Waals surface area contributed by atoms with Crippen LogP contribution in [0.3, 0.4) is 0 Å². The van der Waals surface area contributed by atoms with Crippen LogP contribution in [0.2, 0.25) is 0 Å². The van der Waals surface area contributed by atoms with Crippen LogP contribution in [-0.4, -0.2) is 37.5 Å². The van der Waals surface area contributed by atoms with Crippen LogP contribution < -0.4 is 11.5 Å². The fraction of sp³-hybridized carbons (Fsp3) is 0.500. The lowest BCUT2D eigenvalue weighted by Gasteiger charge is -2.24. The number of aryl methyl sites for hydroxylation is 2. The third-order valence-electron chi connectivity index (χ3n) is 3.42. The fourth-order valence-electron chi connectivity index (χ4n) is 2.17. The average Bonchev–Trinajstić information content (AvgIpc) is 2.27. The molecule has 1 aromatic carbocycles. The van der Waals surface area contributed by atoms with E-state index in [9.17, 15) is 4.79 Å². The number of nitrogens with zero attached hydrogens (tertiary/aromatic N) is 1. The Hall–Kier alpha value is -1.39. The van der Waals surface area contributed by atoms with E-state index in [1.165, 1.54) is 5.56 Å². The molecule has 0 radical (unpaired) electrons. The monoisotopic (exact) mass is 249 g/mol. The van der Waals surface area contributed by atoms with Crippen LogP contribution in [0, 0.1) is 13.8 Å². The van der Waals surface area contributed by atoms with Crippen LogP contribution in [0.1, 0.15) is 27.0 Å². The summed E-state index contributed by atoms with van der Waals surface area (Å²) in [7, 11) is 4.06. The van der Waals surface area contributed by atoms with Crippen LogP contribution in [0.4, 0.5) is 0 Å². The first kappa shape index (κ1) is 14.7. The first-order valence-electron chi connectivity index (χ1n) is 6.13. The smallest absolute Gasteiger partial charge is 0.248 e. The molecular formula is C14H23N3O. The minimum atomic E-state index is -0.379. The minimum absolute atomic E-state index is 0.307. The molecule has 0 heterocycles. The summed E-state index contributed by atoms with van der Waals surface area (Å²) in [5.41, 5.74) is 15.1. The summed E-state index contributed by atoms with van der Waals surface area (Å²) in [6, 6.07) is 4.02. The largest absolute Gasteiger partial charge is 0.366 e. The fourth-order valence-corrected chi connectivity index (χ4v) is 2.17. The number of nitrogens with two attached hydrogens (primary N) is 2. The van der Waals surface area contributed by atoms with Crippen LogP contribution in [-0.2, 0) is 6.42 Å². The predicted octanol–water partition coefficient (Wildman–Crippen LogP) is 0.834. The molecule has 0 aromatic heterocycles. The van der Waals surface area contributed by atoms with Gasteiger partial charge in [0.05, 0.1) is 0 Å². The Kier molecular flexibility index (Phi) is 4.87. The van der Waals surface area contributed by atoms with Crippen molar-refractivity contribution in [1.82, 2.24) is 4.90 Å². The second kappa shape index (κ2) is 5.98. The van der Waals surface area contributed by atoms with E-state index < -0.39 is 0 Å². The van der Waals surface area contributed by atoms with Gasteiger partial charge in [0.25, 0.3) is 0 Å². The molecule has 4 nitrogen and oxygen atoms in total. The maximum Gasteiger partial charge on any atom is 0.248 e. The number of carbonyl (C=O) groups is 1. The van der Waals surface area contributed by atoms with Crippen LogP contribution in [0.25, 0.3) is 0 Å². The number of primary amides is 1. The number of amides is 1. The second-order valence-electron chi connectivity index (χ2n) is 5.01. The summed E-state index contributed by atoms with van der Waals surface area (Å²) in [6.07, 6.45) is 0.889. The summed E-state index contributed by atoms with van der Waals surface area (Å²) in [5, 5.41) is 0. The van der Waals surface area contributed by atoms with E-state index in [1.807, 2.05) is 40.1 Å². The molecule has 0 aliphatic heterocycles. The SMILES string of the molecule is Cc1cc(C(N)=O)cc(C)c1C[C@@H](CN)N(C)C. The van der Waals surface area contributed by atoms with Crippen molar-refractivity contribution >= 4 is 5.91 Å². The lowest BCUT2D eigenvalue weighted by molar-refractivity contribution is 0.1000. The van der Waals surface area contributed by atoms with Crippen LogP contribution in [0.5, 0.6) is 0 Å². The van der Waals surface area contributed by atoms with E-state index in [-0.39, 0.29) is 5.91 Å². The average molecular weight is 249 g/mol. The maximum atomic E-state index is 11.2. The third-order valence-corrected chi connectivity index (χ3v) is 3.42. The van der Waals surface area contributed by atoms with Crippen LogP contribution in [0.15, 0.2) is 12.1 Å². The van der Waals surface area contributed by atoms with Gasteiger partial charge in [0, 0.05) is 18.2 Å². The molecule has 100 valence electrons. The van der Waals surface area contributed by atoms with Crippen molar-refractivity contribution in [1.29, 1.82) is 0 Å². The zero-order chi connectivity index (χ0) is 13.9. The topological polar surface area (TPSA) is 72.3 Å². The lowest BCUT2D eigenvalue weighted by atomic mass is 9.93. The van der Waals surface area contributed by atoms with Gasteiger partial charge >= 0.3 is 0 Å². The zero-order valence-corrected chi connectivity index (χ0v) is 11.7. The molecule has 1 rings (SSSR count). The molecule has 0 aliphatic rings. The predicted molar refractivity (Wildman–Crippen MR) is 74.7 cm³/mol. The van der Waals surface area contributed by atoms with Crippen molar-refractivity contribution in [2.45, 2.75) is 26.3 Å². The van der Waals surface area contributed by atoms with E-state index >= 15 is 0 Å². The Morgan fingerprint density at radius 1 is 1.28 bits per heavy atom. The Balaban J connectivity index is 3.07. The Bertz CT molecular complexity index is 418. The third kappa shape index (κ3) is 3.31. The number of hydrogen-bond donors (Lipinski definition) is 2. The van der Waals surface area contributed by atoms with Gasteiger partial charge in [0.15, 0.2) is 0 Å². The molecule has 0 unspecified atom stereocenters. The van der Waals surface area contributed by atoms with Gasteiger partial charge in [-0.05, 0) is 63.2 Å². The normalized spacial score (nSPS) is 12.8. The number of carbonyl (C=O) groups excluding carboxylic acids is 1. The summed E-state index contributed by atoms with van der Waals surface area (Å²) in [5.74, 6) is -0.379. The molecule has 1 amide bonds. The first-order valence-corrected chi connectivity index (χ1v) is 6.13. The van der Waals surface area contributed by atoms with Gasteiger partial charge in [-0.2, -0.15) is 0 Å². The van der Waals surface area contributed by atoms with Gasteiger partial charge in [-0.1, -0.05) is 0 Å². The van der Waals surface area contributed by atoms with Crippen LogP contribution >= 0.6 is 0 Å². The van der Waals surface area contributed by atoms with E-state index in [0.717, 1.165) is 17.5 Å². The maximum absolute atomic E-state index is 11.2. The molecule has 4 N–H and O–H groups in total. The van der Waals surface area contributed by atoms with Crippen molar-refractivity contribution < 1.29 is 4.79 Å². The second-order valence-corrected chi connectivity index (χ2v) is 5.01. The standard InChI is InChI=1S/C14H23N3O/c1-9-5-11(14(16)18)6-10(2)13(9)7-12(8-15)17(3)4/h5-6,12H,7-8,15H2,1-4H3,(H2,16,18)/t12-/m0/s1. The van der Waals surface area contributed by atoms with E-state index in [1.54, 1.807) is 0 Å².